The van der Waals surface area contributed by atoms with Gasteiger partial charge in [-0.05, 0) is 18.8 Å². The van der Waals surface area contributed by atoms with E-state index in [1.807, 2.05) is 0 Å². The molecule has 1 N–H and O–H groups in total. The summed E-state index contributed by atoms with van der Waals surface area (Å²) >= 11 is 0. The molecule has 0 saturated heterocycles. The Morgan fingerprint density at radius 2 is 2.07 bits per heavy atom. The summed E-state index contributed by atoms with van der Waals surface area (Å²) in [6.45, 7) is 0. The molecule has 3 nitrogen and oxygen atoms in total. The third kappa shape index (κ3) is 3.74. The summed E-state index contributed by atoms with van der Waals surface area (Å²) < 4.78 is 30.0. The second-order valence-corrected chi connectivity index (χ2v) is 4.04. The second kappa shape index (κ2) is 4.88. The summed E-state index contributed by atoms with van der Waals surface area (Å²) in [5.41, 5.74) is 0. The lowest BCUT2D eigenvalue weighted by Gasteiger charge is -2.30. The van der Waals surface area contributed by atoms with E-state index in [4.69, 9.17) is 0 Å². The maximum absolute atomic E-state index is 12.8. The van der Waals surface area contributed by atoms with Crippen LogP contribution in [0.5, 0.6) is 0 Å². The lowest BCUT2D eigenvalue weighted by molar-refractivity contribution is -0.144. The molecule has 15 heavy (non-hydrogen) atoms. The standard InChI is InChI=1S/C10H16F2O3/c1-15-9(14)6-8(13)7-2-4-10(11,12)5-3-7/h7-8,13H,2-6H2,1H3/t8-/m1/s1. The van der Waals surface area contributed by atoms with Gasteiger partial charge in [0.1, 0.15) is 0 Å². The van der Waals surface area contributed by atoms with Gasteiger partial charge in [0.15, 0.2) is 0 Å². The highest BCUT2D eigenvalue weighted by Crippen LogP contribution is 2.37. The maximum Gasteiger partial charge on any atom is 0.308 e. The van der Waals surface area contributed by atoms with Gasteiger partial charge >= 0.3 is 5.97 Å². The highest BCUT2D eigenvalue weighted by atomic mass is 19.3. The summed E-state index contributed by atoms with van der Waals surface area (Å²) in [7, 11) is 1.24. The van der Waals surface area contributed by atoms with E-state index >= 15 is 0 Å². The first-order chi connectivity index (χ1) is 6.94. The summed E-state index contributed by atoms with van der Waals surface area (Å²) in [6, 6.07) is 0. The minimum Gasteiger partial charge on any atom is -0.469 e. The predicted octanol–water partition coefficient (Wildman–Crippen LogP) is 1.74. The van der Waals surface area contributed by atoms with Gasteiger partial charge in [0.05, 0.1) is 19.6 Å². The van der Waals surface area contributed by atoms with E-state index in [9.17, 15) is 18.7 Å². The van der Waals surface area contributed by atoms with Crippen molar-refractivity contribution in [2.45, 2.75) is 44.1 Å². The van der Waals surface area contributed by atoms with Crippen LogP contribution in [-0.2, 0) is 9.53 Å². The van der Waals surface area contributed by atoms with Crippen molar-refractivity contribution in [2.75, 3.05) is 7.11 Å². The van der Waals surface area contributed by atoms with Gasteiger partial charge in [-0.25, -0.2) is 8.78 Å². The quantitative estimate of drug-likeness (QED) is 0.740. The van der Waals surface area contributed by atoms with Crippen molar-refractivity contribution in [3.63, 3.8) is 0 Å². The fourth-order valence-corrected chi connectivity index (χ4v) is 1.87. The Bertz CT molecular complexity index is 221. The van der Waals surface area contributed by atoms with Crippen LogP contribution in [0.2, 0.25) is 0 Å². The first-order valence-electron chi connectivity index (χ1n) is 5.07. The number of methoxy groups -OCH3 is 1. The van der Waals surface area contributed by atoms with Crippen LogP contribution in [0.25, 0.3) is 0 Å². The Balaban J connectivity index is 2.36. The molecule has 0 amide bonds. The number of carbonyl (C=O) groups excluding carboxylic acids is 1. The van der Waals surface area contributed by atoms with Crippen molar-refractivity contribution in [3.8, 4) is 0 Å². The summed E-state index contributed by atoms with van der Waals surface area (Å²) in [5.74, 6) is -3.30. The van der Waals surface area contributed by atoms with Crippen molar-refractivity contribution in [1.82, 2.24) is 0 Å². The number of hydrogen-bond donors (Lipinski definition) is 1. The molecule has 0 aromatic heterocycles. The van der Waals surface area contributed by atoms with E-state index in [1.165, 1.54) is 7.11 Å². The smallest absolute Gasteiger partial charge is 0.308 e. The fraction of sp³-hybridized carbons (Fsp3) is 0.900. The highest BCUT2D eigenvalue weighted by Gasteiger charge is 2.37. The number of alkyl halides is 2. The van der Waals surface area contributed by atoms with E-state index < -0.39 is 18.0 Å². The largest absolute Gasteiger partial charge is 0.469 e. The van der Waals surface area contributed by atoms with Crippen LogP contribution >= 0.6 is 0 Å². The van der Waals surface area contributed by atoms with Gasteiger partial charge in [-0.1, -0.05) is 0 Å². The van der Waals surface area contributed by atoms with Crippen LogP contribution in [0.15, 0.2) is 0 Å². The van der Waals surface area contributed by atoms with Crippen molar-refractivity contribution in [3.05, 3.63) is 0 Å². The lowest BCUT2D eigenvalue weighted by Crippen LogP contribution is -2.32. The van der Waals surface area contributed by atoms with E-state index in [1.54, 1.807) is 0 Å². The van der Waals surface area contributed by atoms with Gasteiger partial charge < -0.3 is 9.84 Å². The van der Waals surface area contributed by atoms with Crippen LogP contribution in [0, 0.1) is 5.92 Å². The molecule has 0 unspecified atom stereocenters. The van der Waals surface area contributed by atoms with Crippen molar-refractivity contribution in [2.24, 2.45) is 5.92 Å². The minimum absolute atomic E-state index is 0.104. The molecule has 0 bridgehead atoms. The van der Waals surface area contributed by atoms with Crippen molar-refractivity contribution in [1.29, 1.82) is 0 Å². The molecule has 1 saturated carbocycles. The Labute approximate surface area is 87.4 Å². The van der Waals surface area contributed by atoms with Crippen molar-refractivity contribution >= 4 is 5.97 Å². The lowest BCUT2D eigenvalue weighted by atomic mass is 9.82. The molecule has 0 aromatic carbocycles. The van der Waals surface area contributed by atoms with E-state index in [0.717, 1.165) is 0 Å². The Hall–Kier alpha value is -0.710. The number of aliphatic hydroxyl groups excluding tert-OH is 1. The van der Waals surface area contributed by atoms with E-state index in [2.05, 4.69) is 4.74 Å². The van der Waals surface area contributed by atoms with Gasteiger partial charge in [-0.2, -0.15) is 0 Å². The number of ether oxygens (including phenoxy) is 1. The van der Waals surface area contributed by atoms with Crippen LogP contribution in [0.4, 0.5) is 8.78 Å². The van der Waals surface area contributed by atoms with E-state index in [-0.39, 0.29) is 38.0 Å². The third-order valence-corrected chi connectivity index (χ3v) is 2.91. The molecular formula is C10H16F2O3. The summed E-state index contributed by atoms with van der Waals surface area (Å²) in [5, 5.41) is 9.60. The van der Waals surface area contributed by atoms with Crippen LogP contribution in [-0.4, -0.2) is 30.2 Å². The second-order valence-electron chi connectivity index (χ2n) is 4.04. The molecule has 1 aliphatic carbocycles. The van der Waals surface area contributed by atoms with Gasteiger partial charge in [0.2, 0.25) is 5.92 Å². The number of rotatable bonds is 3. The zero-order valence-corrected chi connectivity index (χ0v) is 8.71. The SMILES string of the molecule is COC(=O)C[C@@H](O)C1CCC(F)(F)CC1. The maximum atomic E-state index is 12.8. The first kappa shape index (κ1) is 12.4. The molecule has 1 aliphatic rings. The Morgan fingerprint density at radius 1 is 1.53 bits per heavy atom. The van der Waals surface area contributed by atoms with Gasteiger partial charge in [0.25, 0.3) is 0 Å². The molecule has 0 spiro atoms. The molecule has 5 heteroatoms. The molecule has 0 radical (unpaired) electrons. The molecule has 1 atom stereocenters. The van der Waals surface area contributed by atoms with Gasteiger partial charge in [-0.15, -0.1) is 0 Å². The fourth-order valence-electron chi connectivity index (χ4n) is 1.87. The minimum atomic E-state index is -2.60. The predicted molar refractivity (Wildman–Crippen MR) is 49.5 cm³/mol. The average Bonchev–Trinajstić information content (AvgIpc) is 2.17. The number of hydrogen-bond acceptors (Lipinski definition) is 3. The monoisotopic (exact) mass is 222 g/mol. The third-order valence-electron chi connectivity index (χ3n) is 2.91. The Morgan fingerprint density at radius 3 is 2.53 bits per heavy atom. The molecule has 88 valence electrons. The van der Waals surface area contributed by atoms with E-state index in [0.29, 0.717) is 0 Å². The average molecular weight is 222 g/mol. The zero-order chi connectivity index (χ0) is 11.5. The summed E-state index contributed by atoms with van der Waals surface area (Å²) in [6.07, 6.45) is -0.817. The molecule has 0 aliphatic heterocycles. The van der Waals surface area contributed by atoms with Crippen molar-refractivity contribution < 1.29 is 23.4 Å². The molecule has 0 heterocycles. The molecule has 1 rings (SSSR count). The Kier molecular flexibility index (Phi) is 4.02. The zero-order valence-electron chi connectivity index (χ0n) is 8.71. The summed E-state index contributed by atoms with van der Waals surface area (Å²) in [4.78, 5) is 10.9. The number of aliphatic hydroxyl groups is 1. The van der Waals surface area contributed by atoms with Gasteiger partial charge in [0, 0.05) is 12.8 Å². The first-order valence-corrected chi connectivity index (χ1v) is 5.07. The number of esters is 1. The number of halogens is 2. The van der Waals surface area contributed by atoms with Gasteiger partial charge in [-0.3, -0.25) is 4.79 Å². The molecule has 0 aromatic rings. The normalized spacial score (nSPS) is 23.5. The van der Waals surface area contributed by atoms with Crippen LogP contribution in [0.3, 0.4) is 0 Å². The van der Waals surface area contributed by atoms with Crippen LogP contribution in [0.1, 0.15) is 32.1 Å². The van der Waals surface area contributed by atoms with Crippen LogP contribution < -0.4 is 0 Å². The molecular weight excluding hydrogens is 206 g/mol. The topological polar surface area (TPSA) is 46.5 Å². The molecule has 1 fully saturated rings. The number of carbonyl (C=O) groups is 1. The highest BCUT2D eigenvalue weighted by molar-refractivity contribution is 5.69.